The van der Waals surface area contributed by atoms with E-state index in [-0.39, 0.29) is 11.4 Å². The average molecular weight is 328 g/mol. The van der Waals surface area contributed by atoms with Crippen molar-refractivity contribution in [3.05, 3.63) is 68.8 Å². The van der Waals surface area contributed by atoms with Crippen LogP contribution < -0.4 is 15.7 Å². The van der Waals surface area contributed by atoms with Crippen LogP contribution in [0.1, 0.15) is 6.92 Å². The number of nitrogens with zero attached hydrogens (tertiary/aromatic N) is 5. The number of nitro benzene ring substituents is 2. The first-order valence-corrected chi connectivity index (χ1v) is 6.86. The summed E-state index contributed by atoms with van der Waals surface area (Å²) in [5, 5.41) is 28.9. The molecule has 0 bridgehead atoms. The number of hydrogen-bond donors (Lipinski definition) is 1. The highest BCUT2D eigenvalue weighted by molar-refractivity contribution is 5.86. The molecule has 0 spiro atoms. The lowest BCUT2D eigenvalue weighted by Crippen LogP contribution is -2.44. The quantitative estimate of drug-likeness (QED) is 0.677. The van der Waals surface area contributed by atoms with Crippen LogP contribution in [0.3, 0.4) is 0 Å². The molecule has 0 unspecified atom stereocenters. The van der Waals surface area contributed by atoms with Crippen LogP contribution in [0.15, 0.2) is 53.6 Å². The van der Waals surface area contributed by atoms with Gasteiger partial charge in [-0.25, -0.2) is 0 Å². The van der Waals surface area contributed by atoms with Crippen LogP contribution in [-0.2, 0) is 0 Å². The minimum Gasteiger partial charge on any atom is -0.263 e. The molecule has 0 fully saturated rings. The molecule has 1 aliphatic rings. The van der Waals surface area contributed by atoms with Crippen molar-refractivity contribution in [2.24, 2.45) is 5.10 Å². The first kappa shape index (κ1) is 15.2. The highest BCUT2D eigenvalue weighted by Gasteiger charge is 2.24. The van der Waals surface area contributed by atoms with E-state index in [1.807, 2.05) is 0 Å². The number of hydrazine groups is 2. The fourth-order valence-corrected chi connectivity index (χ4v) is 2.18. The summed E-state index contributed by atoms with van der Waals surface area (Å²) in [6.07, 6.45) is 0. The molecule has 0 amide bonds. The smallest absolute Gasteiger partial charge is 0.263 e. The summed E-state index contributed by atoms with van der Waals surface area (Å²) >= 11 is 0. The van der Waals surface area contributed by atoms with Crippen molar-refractivity contribution in [3.63, 3.8) is 0 Å². The van der Waals surface area contributed by atoms with Crippen molar-refractivity contribution in [3.8, 4) is 0 Å². The Bertz CT molecular complexity index is 818. The summed E-state index contributed by atoms with van der Waals surface area (Å²) in [6.45, 7) is 1.75. The standard InChI is InChI=1S/C14H12N6O4/c1-10-15-17(11-2-6-13(7-3-11)19(21)22)18(16-10)12-4-8-14(9-5-12)20(23)24/h2-9H,1H3,(H,15,16). The summed E-state index contributed by atoms with van der Waals surface area (Å²) in [5.74, 6) is 0.603. The van der Waals surface area contributed by atoms with E-state index in [0.717, 1.165) is 0 Å². The number of rotatable bonds is 4. The molecule has 0 atom stereocenters. The van der Waals surface area contributed by atoms with E-state index < -0.39 is 9.85 Å². The minimum atomic E-state index is -0.478. The predicted molar refractivity (Wildman–Crippen MR) is 87.4 cm³/mol. The van der Waals surface area contributed by atoms with Gasteiger partial charge in [-0.05, 0) is 31.2 Å². The molecule has 1 N–H and O–H groups in total. The number of amidine groups is 1. The van der Waals surface area contributed by atoms with Crippen LogP contribution >= 0.6 is 0 Å². The molecule has 10 heteroatoms. The number of hydrogen-bond acceptors (Lipinski definition) is 8. The molecule has 10 nitrogen and oxygen atoms in total. The molecule has 0 radical (unpaired) electrons. The molecular weight excluding hydrogens is 316 g/mol. The van der Waals surface area contributed by atoms with Gasteiger partial charge in [0.2, 0.25) is 0 Å². The Morgan fingerprint density at radius 2 is 1.33 bits per heavy atom. The van der Waals surface area contributed by atoms with Gasteiger partial charge in [0.15, 0.2) is 0 Å². The molecule has 0 aromatic heterocycles. The van der Waals surface area contributed by atoms with Crippen LogP contribution in [0.4, 0.5) is 22.7 Å². The predicted octanol–water partition coefficient (Wildman–Crippen LogP) is 2.58. The van der Waals surface area contributed by atoms with Gasteiger partial charge < -0.3 is 0 Å². The van der Waals surface area contributed by atoms with Crippen molar-refractivity contribution >= 4 is 28.6 Å². The molecule has 0 aliphatic carbocycles. The van der Waals surface area contributed by atoms with Gasteiger partial charge in [0.25, 0.3) is 11.4 Å². The highest BCUT2D eigenvalue weighted by Crippen LogP contribution is 2.27. The van der Waals surface area contributed by atoms with Gasteiger partial charge in [-0.1, -0.05) is 0 Å². The zero-order valence-electron chi connectivity index (χ0n) is 12.5. The average Bonchev–Trinajstić information content (AvgIpc) is 2.97. The maximum Gasteiger partial charge on any atom is 0.269 e. The number of nitro groups is 2. The molecule has 1 heterocycles. The molecule has 2 aromatic carbocycles. The fraction of sp³-hybridized carbons (Fsp3) is 0.0714. The van der Waals surface area contributed by atoms with Crippen molar-refractivity contribution in [2.75, 3.05) is 10.2 Å². The SMILES string of the molecule is CC1=NN(c2ccc([N+](=O)[O-])cc2)N(c2ccc([N+](=O)[O-])cc2)N1. The Balaban J connectivity index is 1.90. The Hall–Kier alpha value is -3.69. The zero-order chi connectivity index (χ0) is 17.3. The third-order valence-electron chi connectivity index (χ3n) is 3.30. The monoisotopic (exact) mass is 328 g/mol. The Morgan fingerprint density at radius 1 is 0.875 bits per heavy atom. The second-order valence-corrected chi connectivity index (χ2v) is 4.95. The largest absolute Gasteiger partial charge is 0.269 e. The van der Waals surface area contributed by atoms with Crippen LogP contribution in [0, 0.1) is 20.2 Å². The van der Waals surface area contributed by atoms with Crippen molar-refractivity contribution in [1.29, 1.82) is 0 Å². The summed E-state index contributed by atoms with van der Waals surface area (Å²) in [4.78, 5) is 20.5. The maximum absolute atomic E-state index is 10.7. The van der Waals surface area contributed by atoms with Gasteiger partial charge in [-0.2, -0.15) is 10.2 Å². The van der Waals surface area contributed by atoms with Crippen LogP contribution in [0.2, 0.25) is 0 Å². The number of benzene rings is 2. The lowest BCUT2D eigenvalue weighted by Gasteiger charge is -2.27. The van der Waals surface area contributed by atoms with E-state index in [1.165, 1.54) is 29.4 Å². The topological polar surface area (TPSA) is 117 Å². The van der Waals surface area contributed by atoms with E-state index in [2.05, 4.69) is 10.5 Å². The fourth-order valence-electron chi connectivity index (χ4n) is 2.18. The molecule has 24 heavy (non-hydrogen) atoms. The second kappa shape index (κ2) is 5.83. The lowest BCUT2D eigenvalue weighted by atomic mass is 10.3. The zero-order valence-corrected chi connectivity index (χ0v) is 12.5. The van der Waals surface area contributed by atoms with Crippen molar-refractivity contribution < 1.29 is 9.85 Å². The van der Waals surface area contributed by atoms with Crippen molar-refractivity contribution in [2.45, 2.75) is 6.92 Å². The maximum atomic E-state index is 10.7. The lowest BCUT2D eigenvalue weighted by molar-refractivity contribution is -0.385. The number of hydrazone groups is 1. The Labute approximate surface area is 135 Å². The number of non-ortho nitro benzene ring substituents is 2. The highest BCUT2D eigenvalue weighted by atomic mass is 16.6. The third-order valence-corrected chi connectivity index (χ3v) is 3.30. The Kier molecular flexibility index (Phi) is 3.70. The van der Waals surface area contributed by atoms with Crippen LogP contribution in [0.25, 0.3) is 0 Å². The summed E-state index contributed by atoms with van der Waals surface area (Å²) in [7, 11) is 0. The van der Waals surface area contributed by atoms with Gasteiger partial charge in [-0.15, -0.1) is 5.10 Å². The first-order chi connectivity index (χ1) is 11.5. The van der Waals surface area contributed by atoms with Crippen LogP contribution in [-0.4, -0.2) is 15.7 Å². The first-order valence-electron chi connectivity index (χ1n) is 6.86. The molecule has 0 saturated heterocycles. The van der Waals surface area contributed by atoms with Gasteiger partial charge in [0.05, 0.1) is 21.2 Å². The van der Waals surface area contributed by atoms with E-state index in [4.69, 9.17) is 0 Å². The van der Waals surface area contributed by atoms with E-state index in [0.29, 0.717) is 17.2 Å². The van der Waals surface area contributed by atoms with E-state index in [9.17, 15) is 20.2 Å². The molecule has 122 valence electrons. The Morgan fingerprint density at radius 3 is 1.79 bits per heavy atom. The van der Waals surface area contributed by atoms with E-state index >= 15 is 0 Å². The van der Waals surface area contributed by atoms with Gasteiger partial charge >= 0.3 is 0 Å². The molecule has 1 aliphatic heterocycles. The molecule has 2 aromatic rings. The normalized spacial score (nSPS) is 13.5. The van der Waals surface area contributed by atoms with Gasteiger partial charge in [0.1, 0.15) is 5.84 Å². The minimum absolute atomic E-state index is 0.0162. The van der Waals surface area contributed by atoms with E-state index in [1.54, 1.807) is 36.3 Å². The second-order valence-electron chi connectivity index (χ2n) is 4.95. The molecule has 0 saturated carbocycles. The van der Waals surface area contributed by atoms with Crippen molar-refractivity contribution in [1.82, 2.24) is 5.43 Å². The summed E-state index contributed by atoms with van der Waals surface area (Å²) < 4.78 is 0. The molecule has 3 rings (SSSR count). The summed E-state index contributed by atoms with van der Waals surface area (Å²) in [5.41, 5.74) is 4.20. The van der Waals surface area contributed by atoms with Gasteiger partial charge in [-0.3, -0.25) is 25.7 Å². The van der Waals surface area contributed by atoms with Crippen LogP contribution in [0.5, 0.6) is 0 Å². The summed E-state index contributed by atoms with van der Waals surface area (Å²) in [6, 6.07) is 11.8. The number of anilines is 2. The third kappa shape index (κ3) is 2.79. The van der Waals surface area contributed by atoms with Gasteiger partial charge in [0, 0.05) is 24.3 Å². The molecular formula is C14H12N6O4. The number of nitrogens with one attached hydrogen (secondary N) is 1.